The number of carbonyl (C=O) groups is 1. The maximum absolute atomic E-state index is 11.8. The number of thiophene rings is 1. The number of rotatable bonds is 5. The first-order valence-electron chi connectivity index (χ1n) is 7.34. The Morgan fingerprint density at radius 2 is 2.17 bits per heavy atom. The van der Waals surface area contributed by atoms with Gasteiger partial charge in [-0.05, 0) is 29.6 Å². The van der Waals surface area contributed by atoms with Crippen LogP contribution in [0.1, 0.15) is 15.6 Å². The fourth-order valence-electron chi connectivity index (χ4n) is 2.29. The van der Waals surface area contributed by atoms with Crippen LogP contribution in [0, 0.1) is 0 Å². The molecule has 2 aromatic heterocycles. The lowest BCUT2D eigenvalue weighted by atomic mass is 10.2. The van der Waals surface area contributed by atoms with Gasteiger partial charge in [0, 0.05) is 18.5 Å². The Bertz CT molecular complexity index is 860. The molecule has 1 aliphatic rings. The summed E-state index contributed by atoms with van der Waals surface area (Å²) in [6.07, 6.45) is 0.467. The highest BCUT2D eigenvalue weighted by Gasteiger charge is 2.16. The number of ether oxygens (including phenoxy) is 2. The summed E-state index contributed by atoms with van der Waals surface area (Å²) < 4.78 is 15.8. The molecule has 8 heteroatoms. The van der Waals surface area contributed by atoms with Gasteiger partial charge in [0.15, 0.2) is 11.5 Å². The fraction of sp³-hybridized carbons (Fsp3) is 0.188. The summed E-state index contributed by atoms with van der Waals surface area (Å²) in [5.74, 6) is 2.23. The summed E-state index contributed by atoms with van der Waals surface area (Å²) in [4.78, 5) is 16.9. The van der Waals surface area contributed by atoms with Crippen LogP contribution in [-0.2, 0) is 6.42 Å². The van der Waals surface area contributed by atoms with E-state index in [4.69, 9.17) is 14.0 Å². The lowest BCUT2D eigenvalue weighted by Crippen LogP contribution is -2.24. The Labute approximate surface area is 141 Å². The molecule has 0 atom stereocenters. The quantitative estimate of drug-likeness (QED) is 0.766. The minimum Gasteiger partial charge on any atom is -0.454 e. The van der Waals surface area contributed by atoms with Gasteiger partial charge in [0.05, 0.1) is 4.88 Å². The second kappa shape index (κ2) is 6.32. The van der Waals surface area contributed by atoms with Crippen molar-refractivity contribution < 1.29 is 18.8 Å². The smallest absolute Gasteiger partial charge is 0.261 e. The molecule has 1 amide bonds. The Morgan fingerprint density at radius 1 is 1.25 bits per heavy atom. The molecule has 1 aromatic carbocycles. The van der Waals surface area contributed by atoms with Gasteiger partial charge < -0.3 is 19.3 Å². The number of nitrogens with zero attached hydrogens (tertiary/aromatic N) is 2. The Balaban J connectivity index is 1.37. The number of benzene rings is 1. The third-order valence-corrected chi connectivity index (χ3v) is 4.34. The molecule has 1 N–H and O–H groups in total. The second-order valence-corrected chi connectivity index (χ2v) is 6.01. The lowest BCUT2D eigenvalue weighted by molar-refractivity contribution is 0.0957. The average Bonchev–Trinajstić information content (AvgIpc) is 3.34. The number of nitrogens with one attached hydrogen (secondary N) is 1. The normalized spacial score (nSPS) is 12.3. The van der Waals surface area contributed by atoms with Crippen LogP contribution in [0.25, 0.3) is 11.4 Å². The number of carbonyl (C=O) groups excluding carboxylic acids is 1. The summed E-state index contributed by atoms with van der Waals surface area (Å²) in [5, 5.41) is 8.66. The van der Waals surface area contributed by atoms with Crippen molar-refractivity contribution >= 4 is 17.2 Å². The van der Waals surface area contributed by atoms with Crippen molar-refractivity contribution in [3.8, 4) is 22.9 Å². The number of hydrogen-bond donors (Lipinski definition) is 1. The van der Waals surface area contributed by atoms with E-state index in [1.54, 1.807) is 6.07 Å². The number of amides is 1. The van der Waals surface area contributed by atoms with E-state index in [9.17, 15) is 4.79 Å². The largest absolute Gasteiger partial charge is 0.454 e. The van der Waals surface area contributed by atoms with E-state index in [2.05, 4.69) is 15.5 Å². The molecule has 0 saturated heterocycles. The summed E-state index contributed by atoms with van der Waals surface area (Å²) in [5.41, 5.74) is 0.789. The first-order chi connectivity index (χ1) is 11.8. The standard InChI is InChI=1S/C16H13N3O4S/c20-16(13-2-1-7-24-13)17-6-5-14-18-15(19-23-14)10-3-4-11-12(8-10)22-9-21-11/h1-4,7-8H,5-6,9H2,(H,17,20). The molecule has 0 unspecified atom stereocenters. The third-order valence-electron chi connectivity index (χ3n) is 3.47. The van der Waals surface area contributed by atoms with Gasteiger partial charge in [-0.3, -0.25) is 4.79 Å². The molecular formula is C16H13N3O4S. The molecule has 0 fully saturated rings. The molecule has 1 aliphatic heterocycles. The Hall–Kier alpha value is -2.87. The third kappa shape index (κ3) is 2.95. The summed E-state index contributed by atoms with van der Waals surface area (Å²) in [6.45, 7) is 0.653. The van der Waals surface area contributed by atoms with Crippen LogP contribution in [0.15, 0.2) is 40.2 Å². The van der Waals surface area contributed by atoms with Gasteiger partial charge in [-0.1, -0.05) is 11.2 Å². The number of hydrogen-bond acceptors (Lipinski definition) is 7. The van der Waals surface area contributed by atoms with E-state index in [0.29, 0.717) is 41.1 Å². The molecule has 4 rings (SSSR count). The number of fused-ring (bicyclic) bond motifs is 1. The van der Waals surface area contributed by atoms with E-state index in [-0.39, 0.29) is 12.7 Å². The van der Waals surface area contributed by atoms with Crippen molar-refractivity contribution in [2.75, 3.05) is 13.3 Å². The Morgan fingerprint density at radius 3 is 3.04 bits per heavy atom. The zero-order valence-corrected chi connectivity index (χ0v) is 13.3. The molecule has 0 spiro atoms. The van der Waals surface area contributed by atoms with E-state index in [1.165, 1.54) is 11.3 Å². The Kier molecular flexibility index (Phi) is 3.87. The highest BCUT2D eigenvalue weighted by Crippen LogP contribution is 2.35. The van der Waals surface area contributed by atoms with Gasteiger partial charge in [-0.25, -0.2) is 0 Å². The van der Waals surface area contributed by atoms with Crippen molar-refractivity contribution in [3.05, 3.63) is 46.5 Å². The monoisotopic (exact) mass is 343 g/mol. The van der Waals surface area contributed by atoms with Crippen molar-refractivity contribution in [1.29, 1.82) is 0 Å². The van der Waals surface area contributed by atoms with Gasteiger partial charge in [0.1, 0.15) is 0 Å². The molecule has 3 heterocycles. The van der Waals surface area contributed by atoms with E-state index in [1.807, 2.05) is 29.6 Å². The maximum atomic E-state index is 11.8. The first-order valence-corrected chi connectivity index (χ1v) is 8.22. The highest BCUT2D eigenvalue weighted by atomic mass is 32.1. The minimum absolute atomic E-state index is 0.0968. The zero-order valence-electron chi connectivity index (χ0n) is 12.5. The van der Waals surface area contributed by atoms with Crippen LogP contribution in [-0.4, -0.2) is 29.4 Å². The van der Waals surface area contributed by atoms with Crippen molar-refractivity contribution in [2.45, 2.75) is 6.42 Å². The van der Waals surface area contributed by atoms with Crippen LogP contribution < -0.4 is 14.8 Å². The van der Waals surface area contributed by atoms with Crippen molar-refractivity contribution in [3.63, 3.8) is 0 Å². The second-order valence-electron chi connectivity index (χ2n) is 5.06. The van der Waals surface area contributed by atoms with E-state index < -0.39 is 0 Å². The topological polar surface area (TPSA) is 86.5 Å². The predicted molar refractivity (Wildman–Crippen MR) is 86.2 cm³/mol. The molecule has 7 nitrogen and oxygen atoms in total. The van der Waals surface area contributed by atoms with Crippen molar-refractivity contribution in [1.82, 2.24) is 15.5 Å². The SMILES string of the molecule is O=C(NCCc1nc(-c2ccc3c(c2)OCO3)no1)c1cccs1. The van der Waals surface area contributed by atoms with Gasteiger partial charge in [0.2, 0.25) is 18.5 Å². The van der Waals surface area contributed by atoms with Crippen molar-refractivity contribution in [2.24, 2.45) is 0 Å². The number of aromatic nitrogens is 2. The van der Waals surface area contributed by atoms with Crippen LogP contribution >= 0.6 is 11.3 Å². The molecule has 0 bridgehead atoms. The lowest BCUT2D eigenvalue weighted by Gasteiger charge is -2.00. The maximum Gasteiger partial charge on any atom is 0.261 e. The van der Waals surface area contributed by atoms with Gasteiger partial charge in [-0.15, -0.1) is 11.3 Å². The first kappa shape index (κ1) is 14.7. The van der Waals surface area contributed by atoms with Crippen LogP contribution in [0.5, 0.6) is 11.5 Å². The average molecular weight is 343 g/mol. The van der Waals surface area contributed by atoms with Crippen LogP contribution in [0.4, 0.5) is 0 Å². The van der Waals surface area contributed by atoms with E-state index >= 15 is 0 Å². The molecule has 0 aliphatic carbocycles. The van der Waals surface area contributed by atoms with Gasteiger partial charge in [-0.2, -0.15) is 4.98 Å². The molecular weight excluding hydrogens is 330 g/mol. The summed E-state index contributed by atoms with van der Waals surface area (Å²) in [7, 11) is 0. The van der Waals surface area contributed by atoms with E-state index in [0.717, 1.165) is 5.56 Å². The molecule has 0 radical (unpaired) electrons. The molecule has 122 valence electrons. The van der Waals surface area contributed by atoms with Gasteiger partial charge >= 0.3 is 0 Å². The minimum atomic E-state index is -0.0968. The summed E-state index contributed by atoms with van der Waals surface area (Å²) in [6, 6.07) is 9.10. The zero-order chi connectivity index (χ0) is 16.4. The predicted octanol–water partition coefficient (Wildman–Crippen LogP) is 2.50. The molecule has 24 heavy (non-hydrogen) atoms. The fourth-order valence-corrected chi connectivity index (χ4v) is 2.93. The molecule has 0 saturated carbocycles. The van der Waals surface area contributed by atoms with Gasteiger partial charge in [0.25, 0.3) is 5.91 Å². The molecule has 3 aromatic rings. The van der Waals surface area contributed by atoms with Crippen LogP contribution in [0.2, 0.25) is 0 Å². The van der Waals surface area contributed by atoms with Crippen LogP contribution in [0.3, 0.4) is 0 Å². The summed E-state index contributed by atoms with van der Waals surface area (Å²) >= 11 is 1.40. The highest BCUT2D eigenvalue weighted by molar-refractivity contribution is 7.12.